The maximum Gasteiger partial charge on any atom is 0.253 e. The van der Waals surface area contributed by atoms with Gasteiger partial charge in [-0.05, 0) is 19.9 Å². The van der Waals surface area contributed by atoms with Crippen molar-refractivity contribution in [1.29, 1.82) is 0 Å². The molecule has 0 fully saturated rings. The number of nitrogens with zero attached hydrogens (tertiary/aromatic N) is 1. The molecule has 1 amide bonds. The molecular formula is C11H16N2O3. The molecule has 1 heterocycles. The smallest absolute Gasteiger partial charge is 0.253 e. The minimum Gasteiger partial charge on any atom is -0.394 e. The number of carbonyl (C=O) groups is 1. The van der Waals surface area contributed by atoms with Crippen molar-refractivity contribution in [3.8, 4) is 0 Å². The van der Waals surface area contributed by atoms with Gasteiger partial charge in [0.25, 0.3) is 5.56 Å². The normalized spacial score (nSPS) is 12.2. The lowest BCUT2D eigenvalue weighted by atomic mass is 10.3. The molecule has 1 unspecified atom stereocenters. The number of rotatable bonds is 4. The summed E-state index contributed by atoms with van der Waals surface area (Å²) >= 11 is 0. The zero-order valence-electron chi connectivity index (χ0n) is 9.43. The Morgan fingerprint density at radius 1 is 1.62 bits per heavy atom. The van der Waals surface area contributed by atoms with Crippen molar-refractivity contribution in [1.82, 2.24) is 9.88 Å². The molecule has 5 nitrogen and oxygen atoms in total. The fraction of sp³-hybridized carbons (Fsp3) is 0.455. The zero-order chi connectivity index (χ0) is 12.1. The summed E-state index contributed by atoms with van der Waals surface area (Å²) in [5.41, 5.74) is 0.430. The lowest BCUT2D eigenvalue weighted by Gasteiger charge is -2.11. The van der Waals surface area contributed by atoms with E-state index >= 15 is 0 Å². The predicted molar refractivity (Wildman–Crippen MR) is 60.1 cm³/mol. The van der Waals surface area contributed by atoms with Gasteiger partial charge in [-0.3, -0.25) is 9.59 Å². The molecule has 0 saturated heterocycles. The number of aromatic nitrogens is 1. The van der Waals surface area contributed by atoms with Gasteiger partial charge >= 0.3 is 0 Å². The van der Waals surface area contributed by atoms with E-state index in [1.165, 1.54) is 4.57 Å². The summed E-state index contributed by atoms with van der Waals surface area (Å²) in [7, 11) is 0. The summed E-state index contributed by atoms with van der Waals surface area (Å²) in [5, 5.41) is 11.3. The van der Waals surface area contributed by atoms with E-state index < -0.39 is 0 Å². The molecule has 0 aromatic carbocycles. The Morgan fingerprint density at radius 2 is 2.31 bits per heavy atom. The van der Waals surface area contributed by atoms with Gasteiger partial charge in [0.2, 0.25) is 5.91 Å². The Morgan fingerprint density at radius 3 is 2.94 bits per heavy atom. The predicted octanol–water partition coefficient (Wildman–Crippen LogP) is -0.346. The summed E-state index contributed by atoms with van der Waals surface area (Å²) in [6.07, 6.45) is 1.57. The van der Waals surface area contributed by atoms with E-state index in [0.29, 0.717) is 5.56 Å². The van der Waals surface area contributed by atoms with E-state index in [0.717, 1.165) is 0 Å². The number of pyridine rings is 1. The number of hydrogen-bond acceptors (Lipinski definition) is 3. The molecule has 1 atom stereocenters. The van der Waals surface area contributed by atoms with Crippen LogP contribution in [0.3, 0.4) is 0 Å². The Labute approximate surface area is 93.7 Å². The van der Waals surface area contributed by atoms with Crippen LogP contribution in [0.25, 0.3) is 0 Å². The topological polar surface area (TPSA) is 71.3 Å². The molecule has 0 spiro atoms. The number of aliphatic hydroxyl groups excluding tert-OH is 1. The van der Waals surface area contributed by atoms with Crippen molar-refractivity contribution in [3.05, 3.63) is 34.2 Å². The van der Waals surface area contributed by atoms with Gasteiger partial charge in [-0.1, -0.05) is 6.07 Å². The van der Waals surface area contributed by atoms with Crippen LogP contribution in [0.4, 0.5) is 0 Å². The quantitative estimate of drug-likeness (QED) is 0.734. The molecule has 0 bridgehead atoms. The van der Waals surface area contributed by atoms with Crippen molar-refractivity contribution >= 4 is 5.91 Å². The fourth-order valence-corrected chi connectivity index (χ4v) is 1.30. The molecule has 0 aliphatic rings. The van der Waals surface area contributed by atoms with Crippen LogP contribution in [0.15, 0.2) is 23.1 Å². The molecule has 0 radical (unpaired) electrons. The molecule has 16 heavy (non-hydrogen) atoms. The molecule has 0 aliphatic heterocycles. The maximum atomic E-state index is 11.6. The van der Waals surface area contributed by atoms with Gasteiger partial charge in [0.1, 0.15) is 6.54 Å². The highest BCUT2D eigenvalue weighted by molar-refractivity contribution is 5.76. The lowest BCUT2D eigenvalue weighted by Crippen LogP contribution is -2.39. The van der Waals surface area contributed by atoms with Crippen molar-refractivity contribution in [2.45, 2.75) is 26.4 Å². The number of hydrogen-bond donors (Lipinski definition) is 2. The third-order valence-electron chi connectivity index (χ3n) is 2.21. The number of aryl methyl sites for hydroxylation is 1. The first-order valence-electron chi connectivity index (χ1n) is 5.11. The number of amides is 1. The van der Waals surface area contributed by atoms with Crippen LogP contribution in [0.5, 0.6) is 0 Å². The van der Waals surface area contributed by atoms with Crippen LogP contribution < -0.4 is 10.9 Å². The summed E-state index contributed by atoms with van der Waals surface area (Å²) in [6.45, 7) is 3.25. The third kappa shape index (κ3) is 3.20. The molecule has 1 aromatic heterocycles. The van der Waals surface area contributed by atoms with E-state index in [2.05, 4.69) is 5.32 Å². The Balaban J connectivity index is 2.70. The highest BCUT2D eigenvalue weighted by Crippen LogP contribution is 1.89. The van der Waals surface area contributed by atoms with Crippen LogP contribution in [0.2, 0.25) is 0 Å². The van der Waals surface area contributed by atoms with Crippen LogP contribution in [0.1, 0.15) is 12.5 Å². The number of aliphatic hydroxyl groups is 1. The Bertz CT molecular complexity index is 425. The number of nitrogens with one attached hydrogen (secondary N) is 1. The minimum atomic E-state index is -0.298. The minimum absolute atomic E-state index is 0.0230. The zero-order valence-corrected chi connectivity index (χ0v) is 9.43. The van der Waals surface area contributed by atoms with E-state index in [1.54, 1.807) is 32.2 Å². The molecule has 0 aliphatic carbocycles. The van der Waals surface area contributed by atoms with Crippen LogP contribution in [-0.2, 0) is 11.3 Å². The van der Waals surface area contributed by atoms with Gasteiger partial charge < -0.3 is 15.0 Å². The number of carbonyl (C=O) groups excluding carboxylic acids is 1. The molecule has 1 rings (SSSR count). The first-order valence-corrected chi connectivity index (χ1v) is 5.11. The van der Waals surface area contributed by atoms with Gasteiger partial charge in [0, 0.05) is 17.8 Å². The second-order valence-corrected chi connectivity index (χ2v) is 3.78. The highest BCUT2D eigenvalue weighted by atomic mass is 16.3. The third-order valence-corrected chi connectivity index (χ3v) is 2.21. The molecule has 88 valence electrons. The van der Waals surface area contributed by atoms with Crippen LogP contribution >= 0.6 is 0 Å². The molecular weight excluding hydrogens is 208 g/mol. The standard InChI is InChI=1S/C11H16N2O3/c1-8-4-3-5-13(11(8)16)6-10(15)12-9(2)7-14/h3-5,9,14H,6-7H2,1-2H3,(H,12,15). The Kier molecular flexibility index (Phi) is 4.25. The van der Waals surface area contributed by atoms with Gasteiger partial charge in [-0.25, -0.2) is 0 Å². The van der Waals surface area contributed by atoms with Crippen molar-refractivity contribution in [3.63, 3.8) is 0 Å². The van der Waals surface area contributed by atoms with Crippen molar-refractivity contribution in [2.24, 2.45) is 0 Å². The first kappa shape index (κ1) is 12.4. The van der Waals surface area contributed by atoms with Crippen LogP contribution in [-0.4, -0.2) is 28.2 Å². The average molecular weight is 224 g/mol. The molecule has 5 heteroatoms. The maximum absolute atomic E-state index is 11.6. The Hall–Kier alpha value is -1.62. The van der Waals surface area contributed by atoms with Gasteiger partial charge in [0.15, 0.2) is 0 Å². The second kappa shape index (κ2) is 5.46. The van der Waals surface area contributed by atoms with Gasteiger partial charge in [0.05, 0.1) is 6.61 Å². The van der Waals surface area contributed by atoms with Crippen molar-refractivity contribution in [2.75, 3.05) is 6.61 Å². The SMILES string of the molecule is Cc1cccn(CC(=O)NC(C)CO)c1=O. The van der Waals surface area contributed by atoms with Gasteiger partial charge in [-0.15, -0.1) is 0 Å². The van der Waals surface area contributed by atoms with Crippen molar-refractivity contribution < 1.29 is 9.90 Å². The van der Waals surface area contributed by atoms with E-state index in [1.807, 2.05) is 0 Å². The lowest BCUT2D eigenvalue weighted by molar-refractivity contribution is -0.122. The summed E-state index contributed by atoms with van der Waals surface area (Å²) in [6, 6.07) is 3.13. The van der Waals surface area contributed by atoms with Crippen LogP contribution in [0, 0.1) is 6.92 Å². The van der Waals surface area contributed by atoms with E-state index in [9.17, 15) is 9.59 Å². The average Bonchev–Trinajstić information content (AvgIpc) is 2.24. The fourth-order valence-electron chi connectivity index (χ4n) is 1.30. The summed E-state index contributed by atoms with van der Waals surface area (Å²) in [5.74, 6) is -0.283. The summed E-state index contributed by atoms with van der Waals surface area (Å²) in [4.78, 5) is 23.1. The van der Waals surface area contributed by atoms with Gasteiger partial charge in [-0.2, -0.15) is 0 Å². The highest BCUT2D eigenvalue weighted by Gasteiger charge is 2.08. The first-order chi connectivity index (χ1) is 7.54. The molecule has 1 aromatic rings. The van der Waals surface area contributed by atoms with E-state index in [4.69, 9.17) is 5.11 Å². The second-order valence-electron chi connectivity index (χ2n) is 3.78. The molecule has 0 saturated carbocycles. The van der Waals surface area contributed by atoms with E-state index in [-0.39, 0.29) is 30.7 Å². The largest absolute Gasteiger partial charge is 0.394 e. The molecule has 2 N–H and O–H groups in total. The summed E-state index contributed by atoms with van der Waals surface area (Å²) < 4.78 is 1.34. The monoisotopic (exact) mass is 224 g/mol.